The molecular weight excluding hydrogens is 498 g/mol. The first-order chi connectivity index (χ1) is 16.5. The van der Waals surface area contributed by atoms with Crippen LogP contribution in [0.25, 0.3) is 0 Å². The van der Waals surface area contributed by atoms with Crippen molar-refractivity contribution in [1.82, 2.24) is 5.32 Å². The van der Waals surface area contributed by atoms with Crippen molar-refractivity contribution in [1.29, 1.82) is 0 Å². The first-order valence-electron chi connectivity index (χ1n) is 10.8. The number of hydrogen-bond donors (Lipinski definition) is 1. The van der Waals surface area contributed by atoms with E-state index in [4.69, 9.17) is 16.3 Å². The Labute approximate surface area is 208 Å². The van der Waals surface area contributed by atoms with E-state index >= 15 is 0 Å². The SMILES string of the molecule is CC(C)NC(=O)OCc1ccccc1[C@@H](C)N(c1cc(F)ccc1F)S(=O)(=O)c1ccc(Cl)cc1. The molecule has 0 saturated heterocycles. The lowest BCUT2D eigenvalue weighted by Crippen LogP contribution is -2.35. The summed E-state index contributed by atoms with van der Waals surface area (Å²) in [7, 11) is -4.37. The van der Waals surface area contributed by atoms with Crippen LogP contribution in [0.4, 0.5) is 19.3 Å². The standard InChI is InChI=1S/C25H25ClF2N2O4S/c1-16(2)29-25(31)34-15-18-6-4-5-7-22(18)17(3)30(24-14-20(27)10-13-23(24)28)35(32,33)21-11-8-19(26)9-12-21/h4-14,16-17H,15H2,1-3H3,(H,29,31)/t17-/m1/s1. The van der Waals surface area contributed by atoms with Crippen molar-refractivity contribution in [3.63, 3.8) is 0 Å². The molecule has 1 amide bonds. The molecule has 186 valence electrons. The van der Waals surface area contributed by atoms with Crippen LogP contribution in [-0.4, -0.2) is 20.6 Å². The van der Waals surface area contributed by atoms with Gasteiger partial charge in [-0.3, -0.25) is 4.31 Å². The fraction of sp³-hybridized carbons (Fsp3) is 0.240. The zero-order chi connectivity index (χ0) is 25.8. The monoisotopic (exact) mass is 522 g/mol. The van der Waals surface area contributed by atoms with E-state index in [9.17, 15) is 22.0 Å². The molecule has 0 bridgehead atoms. The summed E-state index contributed by atoms with van der Waals surface area (Å²) in [6, 6.07) is 13.5. The average molecular weight is 523 g/mol. The highest BCUT2D eigenvalue weighted by Crippen LogP contribution is 2.36. The minimum Gasteiger partial charge on any atom is -0.445 e. The van der Waals surface area contributed by atoms with Crippen molar-refractivity contribution in [3.05, 3.63) is 94.5 Å². The van der Waals surface area contributed by atoms with Gasteiger partial charge in [0.25, 0.3) is 10.0 Å². The highest BCUT2D eigenvalue weighted by atomic mass is 35.5. The second-order valence-corrected chi connectivity index (χ2v) is 10.4. The average Bonchev–Trinajstić information content (AvgIpc) is 2.80. The zero-order valence-electron chi connectivity index (χ0n) is 19.3. The van der Waals surface area contributed by atoms with Crippen molar-refractivity contribution < 1.29 is 26.7 Å². The largest absolute Gasteiger partial charge is 0.445 e. The Hall–Kier alpha value is -3.17. The summed E-state index contributed by atoms with van der Waals surface area (Å²) in [6.45, 7) is 4.96. The van der Waals surface area contributed by atoms with E-state index in [0.717, 1.165) is 22.5 Å². The zero-order valence-corrected chi connectivity index (χ0v) is 20.9. The Morgan fingerprint density at radius 2 is 1.69 bits per heavy atom. The Morgan fingerprint density at radius 1 is 1.03 bits per heavy atom. The molecular formula is C25H25ClF2N2O4S. The lowest BCUT2D eigenvalue weighted by Gasteiger charge is -2.32. The van der Waals surface area contributed by atoms with Crippen molar-refractivity contribution >= 4 is 33.4 Å². The Bertz CT molecular complexity index is 1300. The minimum absolute atomic E-state index is 0.132. The van der Waals surface area contributed by atoms with Crippen LogP contribution in [0, 0.1) is 11.6 Å². The number of sulfonamides is 1. The third-order valence-electron chi connectivity index (χ3n) is 5.14. The van der Waals surface area contributed by atoms with E-state index in [0.29, 0.717) is 16.1 Å². The highest BCUT2D eigenvalue weighted by molar-refractivity contribution is 7.92. The molecule has 1 N–H and O–H groups in total. The van der Waals surface area contributed by atoms with Gasteiger partial charge in [0.15, 0.2) is 0 Å². The van der Waals surface area contributed by atoms with Gasteiger partial charge in [0, 0.05) is 17.1 Å². The maximum atomic E-state index is 14.9. The molecule has 3 aromatic rings. The van der Waals surface area contributed by atoms with Crippen LogP contribution in [0.3, 0.4) is 0 Å². The van der Waals surface area contributed by atoms with Gasteiger partial charge in [-0.1, -0.05) is 35.9 Å². The molecule has 3 rings (SSSR count). The number of ether oxygens (including phenoxy) is 1. The van der Waals surface area contributed by atoms with Gasteiger partial charge in [-0.2, -0.15) is 0 Å². The Morgan fingerprint density at radius 3 is 2.34 bits per heavy atom. The van der Waals surface area contributed by atoms with Gasteiger partial charge in [-0.05, 0) is 68.3 Å². The number of amides is 1. The van der Waals surface area contributed by atoms with E-state index in [-0.39, 0.29) is 17.5 Å². The van der Waals surface area contributed by atoms with E-state index < -0.39 is 39.5 Å². The molecule has 1 atom stereocenters. The van der Waals surface area contributed by atoms with Crippen LogP contribution >= 0.6 is 11.6 Å². The van der Waals surface area contributed by atoms with Crippen molar-refractivity contribution in [3.8, 4) is 0 Å². The van der Waals surface area contributed by atoms with Gasteiger partial charge in [-0.15, -0.1) is 0 Å². The summed E-state index contributed by atoms with van der Waals surface area (Å²) in [5, 5.41) is 2.93. The molecule has 0 heterocycles. The van der Waals surface area contributed by atoms with E-state index in [1.54, 1.807) is 45.0 Å². The molecule has 0 saturated carbocycles. The van der Waals surface area contributed by atoms with Crippen LogP contribution < -0.4 is 9.62 Å². The molecule has 10 heteroatoms. The van der Waals surface area contributed by atoms with Crippen molar-refractivity contribution in [2.45, 2.75) is 44.4 Å². The fourth-order valence-corrected chi connectivity index (χ4v) is 5.30. The molecule has 0 radical (unpaired) electrons. The topological polar surface area (TPSA) is 75.7 Å². The number of nitrogens with zero attached hydrogens (tertiary/aromatic N) is 1. The quantitative estimate of drug-likeness (QED) is 0.381. The van der Waals surface area contributed by atoms with Crippen LogP contribution in [0.15, 0.2) is 71.6 Å². The number of nitrogens with one attached hydrogen (secondary N) is 1. The van der Waals surface area contributed by atoms with Gasteiger partial charge in [-0.25, -0.2) is 22.0 Å². The van der Waals surface area contributed by atoms with Gasteiger partial charge in [0.05, 0.1) is 16.6 Å². The maximum absolute atomic E-state index is 14.9. The summed E-state index contributed by atoms with van der Waals surface area (Å²) in [5.41, 5.74) is 0.499. The third kappa shape index (κ3) is 6.29. The Kier molecular flexibility index (Phi) is 8.34. The molecule has 6 nitrogen and oxygen atoms in total. The molecule has 0 aromatic heterocycles. The number of carbonyl (C=O) groups excluding carboxylic acids is 1. The molecule has 0 unspecified atom stereocenters. The summed E-state index contributed by atoms with van der Waals surface area (Å²) < 4.78 is 62.6. The minimum atomic E-state index is -4.37. The molecule has 0 spiro atoms. The number of anilines is 1. The van der Waals surface area contributed by atoms with Crippen LogP contribution in [0.1, 0.15) is 37.9 Å². The number of hydrogen-bond acceptors (Lipinski definition) is 4. The first-order valence-corrected chi connectivity index (χ1v) is 12.6. The molecule has 3 aromatic carbocycles. The Balaban J connectivity index is 2.09. The predicted molar refractivity (Wildman–Crippen MR) is 131 cm³/mol. The van der Waals surface area contributed by atoms with Crippen LogP contribution in [-0.2, 0) is 21.4 Å². The van der Waals surface area contributed by atoms with E-state index in [2.05, 4.69) is 5.32 Å². The van der Waals surface area contributed by atoms with Gasteiger partial charge < -0.3 is 10.1 Å². The number of benzene rings is 3. The maximum Gasteiger partial charge on any atom is 0.407 e. The second-order valence-electron chi connectivity index (χ2n) is 8.10. The highest BCUT2D eigenvalue weighted by Gasteiger charge is 2.33. The summed E-state index contributed by atoms with van der Waals surface area (Å²) in [4.78, 5) is 11.8. The van der Waals surface area contributed by atoms with Crippen molar-refractivity contribution in [2.24, 2.45) is 0 Å². The smallest absolute Gasteiger partial charge is 0.407 e. The second kappa shape index (κ2) is 11.0. The van der Waals surface area contributed by atoms with E-state index in [1.807, 2.05) is 0 Å². The number of rotatable bonds is 8. The van der Waals surface area contributed by atoms with Gasteiger partial charge in [0.1, 0.15) is 18.2 Å². The lowest BCUT2D eigenvalue weighted by molar-refractivity contribution is 0.136. The van der Waals surface area contributed by atoms with E-state index in [1.165, 1.54) is 24.3 Å². The molecule has 0 aliphatic carbocycles. The van der Waals surface area contributed by atoms with Crippen LogP contribution in [0.2, 0.25) is 5.02 Å². The molecule has 0 aliphatic heterocycles. The summed E-state index contributed by atoms with van der Waals surface area (Å²) in [5.74, 6) is -1.72. The molecule has 35 heavy (non-hydrogen) atoms. The number of halogens is 3. The summed E-state index contributed by atoms with van der Waals surface area (Å²) >= 11 is 5.91. The first kappa shape index (κ1) is 26.4. The fourth-order valence-electron chi connectivity index (χ4n) is 3.54. The van der Waals surface area contributed by atoms with Gasteiger partial charge >= 0.3 is 6.09 Å². The lowest BCUT2D eigenvalue weighted by atomic mass is 10.0. The number of carbonyl (C=O) groups is 1. The normalized spacial score (nSPS) is 12.3. The molecule has 0 aliphatic rings. The van der Waals surface area contributed by atoms with Gasteiger partial charge in [0.2, 0.25) is 0 Å². The van der Waals surface area contributed by atoms with Crippen molar-refractivity contribution in [2.75, 3.05) is 4.31 Å². The number of alkyl carbamates (subject to hydrolysis) is 1. The summed E-state index contributed by atoms with van der Waals surface area (Å²) in [6.07, 6.45) is -0.635. The third-order valence-corrected chi connectivity index (χ3v) is 7.29. The van der Waals surface area contributed by atoms with Crippen LogP contribution in [0.5, 0.6) is 0 Å². The predicted octanol–water partition coefficient (Wildman–Crippen LogP) is 6.21. The molecule has 0 fully saturated rings.